The quantitative estimate of drug-likeness (QED) is 0.633. The van der Waals surface area contributed by atoms with E-state index in [4.69, 9.17) is 14.2 Å². The molecule has 5 unspecified atom stereocenters. The van der Waals surface area contributed by atoms with Gasteiger partial charge in [0, 0.05) is 47.3 Å². The summed E-state index contributed by atoms with van der Waals surface area (Å²) in [6, 6.07) is 1.51. The van der Waals surface area contributed by atoms with E-state index in [2.05, 4.69) is 0 Å². The van der Waals surface area contributed by atoms with Crippen LogP contribution in [0.25, 0.3) is 0 Å². The zero-order valence-corrected chi connectivity index (χ0v) is 20.9. The van der Waals surface area contributed by atoms with Crippen molar-refractivity contribution in [3.8, 4) is 17.2 Å². The number of aromatic hydroxyl groups is 1. The largest absolute Gasteiger partial charge is 0.507 e. The summed E-state index contributed by atoms with van der Waals surface area (Å²) in [4.78, 5) is 28.3. The number of phenols is 1. The van der Waals surface area contributed by atoms with E-state index in [1.807, 2.05) is 60.6 Å². The molecule has 2 fully saturated rings. The normalized spacial score (nSPS) is 37.3. The van der Waals surface area contributed by atoms with Gasteiger partial charge < -0.3 is 19.3 Å². The van der Waals surface area contributed by atoms with Crippen molar-refractivity contribution in [2.24, 2.45) is 11.8 Å². The number of ether oxygens (including phenoxy) is 3. The lowest BCUT2D eigenvalue weighted by Gasteiger charge is -2.53. The zero-order valence-electron chi connectivity index (χ0n) is 20.9. The maximum atomic E-state index is 14.4. The number of Topliss-reactive ketones (excluding diaryl/α,β-unsaturated/α-hetero) is 2. The van der Waals surface area contributed by atoms with Crippen molar-refractivity contribution in [1.82, 2.24) is 0 Å². The summed E-state index contributed by atoms with van der Waals surface area (Å²) in [5.74, 6) is -0.0785. The van der Waals surface area contributed by atoms with Crippen molar-refractivity contribution in [1.29, 1.82) is 0 Å². The predicted molar refractivity (Wildman–Crippen MR) is 126 cm³/mol. The first-order chi connectivity index (χ1) is 15.8. The minimum atomic E-state index is -1.42. The van der Waals surface area contributed by atoms with Gasteiger partial charge in [-0.15, -0.1) is 0 Å². The molecule has 7 rings (SSSR count). The Balaban J connectivity index is 1.60. The molecule has 5 atom stereocenters. The number of carbonyl (C=O) groups excluding carboxylic acids is 2. The van der Waals surface area contributed by atoms with Gasteiger partial charge >= 0.3 is 0 Å². The van der Waals surface area contributed by atoms with Crippen LogP contribution in [0, 0.1) is 11.8 Å². The molecule has 0 amide bonds. The van der Waals surface area contributed by atoms with E-state index < -0.39 is 22.2 Å². The van der Waals surface area contributed by atoms with Crippen LogP contribution >= 0.6 is 0 Å². The first-order valence-corrected chi connectivity index (χ1v) is 12.2. The van der Waals surface area contributed by atoms with Crippen LogP contribution in [-0.2, 0) is 14.9 Å². The highest BCUT2D eigenvalue weighted by molar-refractivity contribution is 6.21. The Morgan fingerprint density at radius 3 is 2.59 bits per heavy atom. The third-order valence-electron chi connectivity index (χ3n) is 9.10. The molecule has 34 heavy (non-hydrogen) atoms. The Kier molecular flexibility index (Phi) is 3.96. The molecule has 1 saturated carbocycles. The van der Waals surface area contributed by atoms with E-state index in [9.17, 15) is 14.7 Å². The molecular weight excluding hydrogens is 432 g/mol. The lowest BCUT2D eigenvalue weighted by Crippen LogP contribution is -2.68. The van der Waals surface area contributed by atoms with Gasteiger partial charge in [-0.05, 0) is 34.6 Å². The van der Waals surface area contributed by atoms with Crippen molar-refractivity contribution < 1.29 is 28.9 Å². The molecule has 1 aromatic carbocycles. The molecule has 1 aromatic rings. The first-order valence-electron chi connectivity index (χ1n) is 12.2. The molecular formula is C28H32O6. The Hall–Kier alpha value is -2.60. The summed E-state index contributed by atoms with van der Waals surface area (Å²) in [6.45, 7) is 14.1. The molecule has 1 N–H and O–H groups in total. The topological polar surface area (TPSA) is 82.1 Å². The van der Waals surface area contributed by atoms with Gasteiger partial charge in [0.1, 0.15) is 34.5 Å². The maximum absolute atomic E-state index is 14.4. The van der Waals surface area contributed by atoms with Crippen LogP contribution in [0.15, 0.2) is 29.4 Å². The Bertz CT molecular complexity index is 1250. The molecule has 3 aliphatic carbocycles. The van der Waals surface area contributed by atoms with Crippen molar-refractivity contribution in [2.75, 3.05) is 0 Å². The first kappa shape index (κ1) is 21.9. The highest BCUT2D eigenvalue weighted by atomic mass is 16.6. The van der Waals surface area contributed by atoms with Gasteiger partial charge in [-0.2, -0.15) is 0 Å². The minimum absolute atomic E-state index is 0.0300. The van der Waals surface area contributed by atoms with E-state index in [0.29, 0.717) is 24.2 Å². The third kappa shape index (κ3) is 2.31. The molecule has 4 bridgehead atoms. The van der Waals surface area contributed by atoms with E-state index in [0.717, 1.165) is 11.1 Å². The summed E-state index contributed by atoms with van der Waals surface area (Å²) in [6.07, 6.45) is 4.62. The second kappa shape index (κ2) is 6.14. The number of hydrogen-bond donors (Lipinski definition) is 1. The molecule has 3 heterocycles. The number of benzene rings is 1. The number of carbonyl (C=O) groups is 2. The number of hydrogen-bond acceptors (Lipinski definition) is 6. The van der Waals surface area contributed by atoms with Crippen molar-refractivity contribution in [2.45, 2.75) is 89.6 Å². The van der Waals surface area contributed by atoms with Crippen LogP contribution in [0.2, 0.25) is 0 Å². The fourth-order valence-electron chi connectivity index (χ4n) is 7.01. The molecule has 3 aliphatic heterocycles. The SMILES string of the molecule is CC(C)=CCC12OC(C)(C)C3CC4(Oc5c(c(O)cc6c5C(C)(C)C(C)O6)C(=O)C4=CC31)C2=O. The average molecular weight is 465 g/mol. The van der Waals surface area contributed by atoms with Crippen LogP contribution in [0.3, 0.4) is 0 Å². The Labute approximate surface area is 200 Å². The average Bonchev–Trinajstić information content (AvgIpc) is 3.08. The standard InChI is InChI=1S/C28H32O6/c1-13(2)8-9-27-15-10-16-22(30)20-18(29)11-19-21(25(4,5)14(3)32-19)23(20)33-28(16,24(27)31)12-17(15)26(6,7)34-27/h8,10-11,14-15,17,29H,9,12H2,1-7H3. The monoisotopic (exact) mass is 464 g/mol. The fraction of sp³-hybridized carbons (Fsp3) is 0.571. The van der Waals surface area contributed by atoms with Crippen LogP contribution in [0.1, 0.15) is 77.2 Å². The summed E-state index contributed by atoms with van der Waals surface area (Å²) in [7, 11) is 0. The molecule has 6 nitrogen and oxygen atoms in total. The maximum Gasteiger partial charge on any atom is 0.213 e. The predicted octanol–water partition coefficient (Wildman–Crippen LogP) is 4.81. The second-order valence-electron chi connectivity index (χ2n) is 12.0. The molecule has 180 valence electrons. The van der Waals surface area contributed by atoms with Crippen LogP contribution in [0.4, 0.5) is 0 Å². The molecule has 6 aliphatic rings. The van der Waals surface area contributed by atoms with Gasteiger partial charge in [-0.25, -0.2) is 0 Å². The van der Waals surface area contributed by atoms with Crippen molar-refractivity contribution in [3.63, 3.8) is 0 Å². The summed E-state index contributed by atoms with van der Waals surface area (Å²) in [5, 5.41) is 10.8. The van der Waals surface area contributed by atoms with Gasteiger partial charge in [-0.1, -0.05) is 31.6 Å². The van der Waals surface area contributed by atoms with E-state index >= 15 is 0 Å². The van der Waals surface area contributed by atoms with Gasteiger partial charge in [0.05, 0.1) is 5.60 Å². The summed E-state index contributed by atoms with van der Waals surface area (Å²) in [5.41, 5.74) is -1.16. The van der Waals surface area contributed by atoms with E-state index in [-0.39, 0.29) is 46.6 Å². The second-order valence-corrected chi connectivity index (χ2v) is 12.0. The van der Waals surface area contributed by atoms with Crippen LogP contribution < -0.4 is 9.47 Å². The number of rotatable bonds is 2. The number of allylic oxidation sites excluding steroid dienone is 1. The smallest absolute Gasteiger partial charge is 0.213 e. The molecule has 1 spiro atoms. The zero-order chi connectivity index (χ0) is 24.6. The molecule has 0 radical (unpaired) electrons. The Morgan fingerprint density at radius 1 is 1.21 bits per heavy atom. The summed E-state index contributed by atoms with van der Waals surface area (Å²) < 4.78 is 19.4. The van der Waals surface area contributed by atoms with E-state index in [1.54, 1.807) is 0 Å². The van der Waals surface area contributed by atoms with E-state index in [1.165, 1.54) is 6.07 Å². The van der Waals surface area contributed by atoms with Gasteiger partial charge in [0.2, 0.25) is 11.6 Å². The van der Waals surface area contributed by atoms with Gasteiger partial charge in [0.25, 0.3) is 0 Å². The van der Waals surface area contributed by atoms with Gasteiger partial charge in [0.15, 0.2) is 5.60 Å². The minimum Gasteiger partial charge on any atom is -0.507 e. The molecule has 6 heteroatoms. The lowest BCUT2D eigenvalue weighted by molar-refractivity contribution is -0.166. The number of ketones is 2. The van der Waals surface area contributed by atoms with Crippen LogP contribution in [-0.4, -0.2) is 39.6 Å². The van der Waals surface area contributed by atoms with Crippen LogP contribution in [0.5, 0.6) is 17.2 Å². The molecule has 1 saturated heterocycles. The van der Waals surface area contributed by atoms with Gasteiger partial charge in [-0.3, -0.25) is 9.59 Å². The highest BCUT2D eigenvalue weighted by Gasteiger charge is 2.76. The molecule has 0 aromatic heterocycles. The third-order valence-corrected chi connectivity index (χ3v) is 9.10. The van der Waals surface area contributed by atoms with Crippen molar-refractivity contribution >= 4 is 11.6 Å². The lowest BCUT2D eigenvalue weighted by atomic mass is 9.53. The number of fused-ring (bicyclic) bond motifs is 3. The fourth-order valence-corrected chi connectivity index (χ4v) is 7.01. The Morgan fingerprint density at radius 2 is 1.91 bits per heavy atom. The highest BCUT2D eigenvalue weighted by Crippen LogP contribution is 2.66. The number of phenolic OH excluding ortho intramolecular Hbond substituents is 1. The summed E-state index contributed by atoms with van der Waals surface area (Å²) >= 11 is 0. The van der Waals surface area contributed by atoms with Crippen molar-refractivity contribution in [3.05, 3.63) is 40.5 Å².